The van der Waals surface area contributed by atoms with Gasteiger partial charge in [0.05, 0.1) is 0 Å². The SMILES string of the molecule is O=C(O)NC(S)c1ccccc1S. The molecule has 1 aromatic rings. The Balaban J connectivity index is 2.82. The van der Waals surface area contributed by atoms with E-state index in [4.69, 9.17) is 5.11 Å². The number of amides is 1. The predicted octanol–water partition coefficient (Wildman–Crippen LogP) is 2.17. The summed E-state index contributed by atoms with van der Waals surface area (Å²) in [6.07, 6.45) is -1.10. The van der Waals surface area contributed by atoms with E-state index < -0.39 is 11.5 Å². The summed E-state index contributed by atoms with van der Waals surface area (Å²) in [5.74, 6) is 0. The molecule has 1 amide bonds. The lowest BCUT2D eigenvalue weighted by atomic mass is 10.2. The van der Waals surface area contributed by atoms with Crippen LogP contribution in [0.3, 0.4) is 0 Å². The highest BCUT2D eigenvalue weighted by Crippen LogP contribution is 2.23. The molecular weight excluding hydrogens is 206 g/mol. The fourth-order valence-electron chi connectivity index (χ4n) is 0.913. The Morgan fingerprint density at radius 1 is 1.46 bits per heavy atom. The van der Waals surface area contributed by atoms with Crippen LogP contribution in [0.5, 0.6) is 0 Å². The minimum atomic E-state index is -1.10. The lowest BCUT2D eigenvalue weighted by molar-refractivity contribution is 0.193. The smallest absolute Gasteiger partial charge is 0.405 e. The standard InChI is InChI=1S/C8H9NO2S2/c10-8(11)9-7(13)5-3-1-2-4-6(5)12/h1-4,7,9,12-13H,(H,10,11). The molecule has 70 valence electrons. The van der Waals surface area contributed by atoms with Crippen molar-refractivity contribution < 1.29 is 9.90 Å². The second-order valence-corrected chi connectivity index (χ2v) is 3.41. The molecule has 2 N–H and O–H groups in total. The van der Waals surface area contributed by atoms with Crippen molar-refractivity contribution in [2.24, 2.45) is 0 Å². The van der Waals surface area contributed by atoms with E-state index in [1.165, 1.54) is 0 Å². The lowest BCUT2D eigenvalue weighted by Crippen LogP contribution is -2.23. The average molecular weight is 215 g/mol. The van der Waals surface area contributed by atoms with Gasteiger partial charge in [-0.25, -0.2) is 4.79 Å². The molecule has 5 heteroatoms. The highest BCUT2D eigenvalue weighted by Gasteiger charge is 2.10. The van der Waals surface area contributed by atoms with Crippen LogP contribution in [0.2, 0.25) is 0 Å². The van der Waals surface area contributed by atoms with Crippen molar-refractivity contribution in [2.75, 3.05) is 0 Å². The Morgan fingerprint density at radius 3 is 2.62 bits per heavy atom. The monoisotopic (exact) mass is 215 g/mol. The number of hydrogen-bond donors (Lipinski definition) is 4. The van der Waals surface area contributed by atoms with Gasteiger partial charge in [0.1, 0.15) is 5.37 Å². The van der Waals surface area contributed by atoms with Gasteiger partial charge < -0.3 is 10.4 Å². The van der Waals surface area contributed by atoms with Crippen LogP contribution < -0.4 is 5.32 Å². The summed E-state index contributed by atoms with van der Waals surface area (Å²) in [6.45, 7) is 0. The Bertz CT molecular complexity index is 317. The van der Waals surface area contributed by atoms with Crippen molar-refractivity contribution in [1.82, 2.24) is 5.32 Å². The van der Waals surface area contributed by atoms with Crippen LogP contribution >= 0.6 is 25.3 Å². The first-order chi connectivity index (χ1) is 6.11. The molecule has 0 saturated heterocycles. The molecule has 0 radical (unpaired) electrons. The molecule has 0 spiro atoms. The van der Waals surface area contributed by atoms with E-state index in [0.29, 0.717) is 0 Å². The van der Waals surface area contributed by atoms with Gasteiger partial charge in [0.25, 0.3) is 0 Å². The van der Waals surface area contributed by atoms with Crippen molar-refractivity contribution in [3.05, 3.63) is 29.8 Å². The van der Waals surface area contributed by atoms with Crippen LogP contribution in [0.25, 0.3) is 0 Å². The average Bonchev–Trinajstić information content (AvgIpc) is 2.03. The minimum absolute atomic E-state index is 0.536. The predicted molar refractivity (Wildman–Crippen MR) is 56.6 cm³/mol. The first-order valence-corrected chi connectivity index (χ1v) is 4.53. The summed E-state index contributed by atoms with van der Waals surface area (Å²) in [5.41, 5.74) is 0.747. The van der Waals surface area contributed by atoms with E-state index in [1.807, 2.05) is 12.1 Å². The maximum atomic E-state index is 10.3. The van der Waals surface area contributed by atoms with Crippen molar-refractivity contribution in [2.45, 2.75) is 10.3 Å². The van der Waals surface area contributed by atoms with E-state index in [2.05, 4.69) is 30.6 Å². The van der Waals surface area contributed by atoms with Crippen molar-refractivity contribution in [1.29, 1.82) is 0 Å². The molecule has 0 aromatic heterocycles. The quantitative estimate of drug-likeness (QED) is 0.451. The zero-order valence-corrected chi connectivity index (χ0v) is 8.43. The summed E-state index contributed by atoms with van der Waals surface area (Å²) in [7, 11) is 0. The molecule has 0 aliphatic carbocycles. The van der Waals surface area contributed by atoms with Crippen LogP contribution in [0, 0.1) is 0 Å². The molecule has 0 aliphatic rings. The second-order valence-electron chi connectivity index (χ2n) is 2.41. The number of thiol groups is 2. The number of hydrogen-bond acceptors (Lipinski definition) is 3. The van der Waals surface area contributed by atoms with Gasteiger partial charge in [-0.3, -0.25) is 0 Å². The molecule has 0 saturated carbocycles. The third-order valence-electron chi connectivity index (χ3n) is 1.49. The normalized spacial score (nSPS) is 12.2. The van der Waals surface area contributed by atoms with Crippen molar-refractivity contribution in [3.63, 3.8) is 0 Å². The highest BCUT2D eigenvalue weighted by atomic mass is 32.1. The van der Waals surface area contributed by atoms with Gasteiger partial charge in [0.2, 0.25) is 0 Å². The van der Waals surface area contributed by atoms with Gasteiger partial charge in [-0.05, 0) is 11.6 Å². The summed E-state index contributed by atoms with van der Waals surface area (Å²) < 4.78 is 0. The zero-order valence-electron chi connectivity index (χ0n) is 6.64. The fourth-order valence-corrected chi connectivity index (χ4v) is 1.64. The van der Waals surface area contributed by atoms with Crippen LogP contribution in [0.15, 0.2) is 29.2 Å². The summed E-state index contributed by atoms with van der Waals surface area (Å²) in [4.78, 5) is 11.0. The first-order valence-electron chi connectivity index (χ1n) is 3.56. The van der Waals surface area contributed by atoms with Crippen LogP contribution in [-0.2, 0) is 0 Å². The van der Waals surface area contributed by atoms with Gasteiger partial charge in [-0.1, -0.05) is 18.2 Å². The van der Waals surface area contributed by atoms with E-state index in [0.717, 1.165) is 10.5 Å². The third-order valence-corrected chi connectivity index (χ3v) is 2.31. The van der Waals surface area contributed by atoms with E-state index in [1.54, 1.807) is 12.1 Å². The minimum Gasteiger partial charge on any atom is -0.465 e. The van der Waals surface area contributed by atoms with Crippen LogP contribution in [0.1, 0.15) is 10.9 Å². The number of nitrogens with one attached hydrogen (secondary N) is 1. The fraction of sp³-hybridized carbons (Fsp3) is 0.125. The zero-order chi connectivity index (χ0) is 9.84. The molecule has 0 heterocycles. The molecule has 1 atom stereocenters. The number of carbonyl (C=O) groups is 1. The number of benzene rings is 1. The molecule has 0 bridgehead atoms. The van der Waals surface area contributed by atoms with Gasteiger partial charge in [-0.2, -0.15) is 0 Å². The Kier molecular flexibility index (Phi) is 3.50. The van der Waals surface area contributed by atoms with Crippen molar-refractivity contribution in [3.8, 4) is 0 Å². The molecule has 1 aromatic carbocycles. The molecule has 13 heavy (non-hydrogen) atoms. The maximum absolute atomic E-state index is 10.3. The Labute approximate surface area is 87.0 Å². The Morgan fingerprint density at radius 2 is 2.08 bits per heavy atom. The number of rotatable bonds is 2. The first kappa shape index (κ1) is 10.3. The van der Waals surface area contributed by atoms with Gasteiger partial charge in [0.15, 0.2) is 0 Å². The van der Waals surface area contributed by atoms with Crippen LogP contribution in [-0.4, -0.2) is 11.2 Å². The largest absolute Gasteiger partial charge is 0.465 e. The van der Waals surface area contributed by atoms with Crippen molar-refractivity contribution >= 4 is 31.4 Å². The topological polar surface area (TPSA) is 49.3 Å². The molecular formula is C8H9NO2S2. The molecule has 1 rings (SSSR count). The summed E-state index contributed by atoms with van der Waals surface area (Å²) in [5, 5.41) is 10.1. The summed E-state index contributed by atoms with van der Waals surface area (Å²) in [6, 6.07) is 7.19. The van der Waals surface area contributed by atoms with Gasteiger partial charge in [-0.15, -0.1) is 25.3 Å². The van der Waals surface area contributed by atoms with E-state index in [-0.39, 0.29) is 0 Å². The summed E-state index contributed by atoms with van der Waals surface area (Å²) >= 11 is 8.27. The molecule has 3 nitrogen and oxygen atoms in total. The number of carboxylic acid groups (broad SMARTS) is 1. The van der Waals surface area contributed by atoms with E-state index in [9.17, 15) is 4.79 Å². The Hall–Kier alpha value is -0.810. The second kappa shape index (κ2) is 4.43. The molecule has 0 fully saturated rings. The maximum Gasteiger partial charge on any atom is 0.405 e. The third kappa shape index (κ3) is 2.86. The van der Waals surface area contributed by atoms with Gasteiger partial charge in [0, 0.05) is 4.90 Å². The van der Waals surface area contributed by atoms with E-state index >= 15 is 0 Å². The van der Waals surface area contributed by atoms with Crippen LogP contribution in [0.4, 0.5) is 4.79 Å². The molecule has 0 aliphatic heterocycles. The lowest BCUT2D eigenvalue weighted by Gasteiger charge is -2.12. The molecule has 1 unspecified atom stereocenters. The highest BCUT2D eigenvalue weighted by molar-refractivity contribution is 7.81. The van der Waals surface area contributed by atoms with Gasteiger partial charge >= 0.3 is 6.09 Å².